The van der Waals surface area contributed by atoms with E-state index in [1.807, 2.05) is 0 Å². The number of nitrogens with zero attached hydrogens (tertiary/aromatic N) is 1. The second kappa shape index (κ2) is 11.7. The molecular weight excluding hydrogens is 553 g/mol. The van der Waals surface area contributed by atoms with Crippen LogP contribution in [-0.4, -0.2) is 48.2 Å². The smallest absolute Gasteiger partial charge is 0.416 e. The minimum Gasteiger partial charge on any atom is -0.495 e. The predicted octanol–water partition coefficient (Wildman–Crippen LogP) is 5.83. The lowest BCUT2D eigenvalue weighted by Gasteiger charge is -2.16. The van der Waals surface area contributed by atoms with Gasteiger partial charge >= 0.3 is 12.1 Å². The number of alkyl halides is 3. The van der Waals surface area contributed by atoms with Crippen LogP contribution in [0.15, 0.2) is 63.9 Å². The monoisotopic (exact) mass is 574 g/mol. The summed E-state index contributed by atoms with van der Waals surface area (Å²) in [7, 11) is 1.22. The number of thioether (sulfide) groups is 1. The Hall–Kier alpha value is -4.52. The number of halogens is 3. The first-order valence-electron chi connectivity index (χ1n) is 11.7. The van der Waals surface area contributed by atoms with Gasteiger partial charge in [-0.05, 0) is 61.2 Å². The van der Waals surface area contributed by atoms with E-state index in [1.54, 1.807) is 43.3 Å². The topological polar surface area (TPSA) is 115 Å². The third-order valence-electron chi connectivity index (χ3n) is 5.56. The number of nitrogens with one attached hydrogen (secondary N) is 1. The molecule has 0 aliphatic carbocycles. The van der Waals surface area contributed by atoms with Crippen LogP contribution in [-0.2, 0) is 20.5 Å². The zero-order valence-electron chi connectivity index (χ0n) is 21.0. The maximum atomic E-state index is 13.1. The summed E-state index contributed by atoms with van der Waals surface area (Å²) in [4.78, 5) is 50.3. The zero-order chi connectivity index (χ0) is 29.0. The maximum absolute atomic E-state index is 13.1. The summed E-state index contributed by atoms with van der Waals surface area (Å²) < 4.78 is 54.9. The molecule has 13 heteroatoms. The fourth-order valence-electron chi connectivity index (χ4n) is 3.65. The molecule has 4 rings (SSSR count). The predicted molar refractivity (Wildman–Crippen MR) is 139 cm³/mol. The summed E-state index contributed by atoms with van der Waals surface area (Å²) in [6, 6.07) is 12.3. The van der Waals surface area contributed by atoms with Gasteiger partial charge in [0, 0.05) is 11.6 Å². The first-order valence-corrected chi connectivity index (χ1v) is 12.5. The molecule has 1 N–H and O–H groups in total. The number of anilines is 1. The summed E-state index contributed by atoms with van der Waals surface area (Å²) in [6.07, 6.45) is -3.31. The van der Waals surface area contributed by atoms with Crippen LogP contribution in [0.3, 0.4) is 0 Å². The quantitative estimate of drug-likeness (QED) is 0.264. The number of ether oxygens (including phenoxy) is 2. The van der Waals surface area contributed by atoms with Crippen molar-refractivity contribution < 1.29 is 46.2 Å². The zero-order valence-corrected chi connectivity index (χ0v) is 21.9. The highest BCUT2D eigenvalue weighted by Gasteiger charge is 2.37. The van der Waals surface area contributed by atoms with E-state index in [-0.39, 0.29) is 28.7 Å². The second-order valence-corrected chi connectivity index (χ2v) is 9.22. The molecule has 208 valence electrons. The van der Waals surface area contributed by atoms with Crippen molar-refractivity contribution in [1.82, 2.24) is 4.90 Å². The van der Waals surface area contributed by atoms with Crippen molar-refractivity contribution >= 4 is 46.5 Å². The van der Waals surface area contributed by atoms with E-state index in [0.29, 0.717) is 39.6 Å². The molecule has 0 saturated carbocycles. The van der Waals surface area contributed by atoms with E-state index in [4.69, 9.17) is 13.9 Å². The molecule has 40 heavy (non-hydrogen) atoms. The molecule has 2 aromatic carbocycles. The van der Waals surface area contributed by atoms with Crippen LogP contribution in [0.25, 0.3) is 17.4 Å². The summed E-state index contributed by atoms with van der Waals surface area (Å²) in [5.41, 5.74) is -0.238. The average molecular weight is 575 g/mol. The van der Waals surface area contributed by atoms with Gasteiger partial charge in [-0.2, -0.15) is 13.2 Å². The number of carbonyl (C=O) groups excluding carboxylic acids is 4. The van der Waals surface area contributed by atoms with Crippen molar-refractivity contribution in [2.45, 2.75) is 13.1 Å². The largest absolute Gasteiger partial charge is 0.495 e. The lowest BCUT2D eigenvalue weighted by Crippen LogP contribution is -2.36. The third kappa shape index (κ3) is 6.37. The average Bonchev–Trinajstić information content (AvgIpc) is 3.48. The Morgan fingerprint density at radius 3 is 2.45 bits per heavy atom. The molecule has 0 bridgehead atoms. The molecule has 0 radical (unpaired) electrons. The molecule has 3 aromatic rings. The summed E-state index contributed by atoms with van der Waals surface area (Å²) in [5, 5.41) is 1.53. The Balaban J connectivity index is 1.44. The van der Waals surface area contributed by atoms with Crippen molar-refractivity contribution in [2.75, 3.05) is 25.6 Å². The second-order valence-electron chi connectivity index (χ2n) is 8.23. The third-order valence-corrected chi connectivity index (χ3v) is 6.46. The van der Waals surface area contributed by atoms with Crippen LogP contribution in [0.4, 0.5) is 23.7 Å². The van der Waals surface area contributed by atoms with Crippen LogP contribution >= 0.6 is 11.8 Å². The molecule has 1 aromatic heterocycles. The van der Waals surface area contributed by atoms with Gasteiger partial charge in [-0.15, -0.1) is 0 Å². The highest BCUT2D eigenvalue weighted by molar-refractivity contribution is 8.18. The van der Waals surface area contributed by atoms with Gasteiger partial charge in [0.05, 0.1) is 35.4 Å². The highest BCUT2D eigenvalue weighted by Crippen LogP contribution is 2.36. The van der Waals surface area contributed by atoms with Gasteiger partial charge in [-0.3, -0.25) is 19.3 Å². The number of amides is 3. The van der Waals surface area contributed by atoms with Gasteiger partial charge in [0.15, 0.2) is 0 Å². The molecule has 0 atom stereocenters. The lowest BCUT2D eigenvalue weighted by molar-refractivity contribution is -0.137. The van der Waals surface area contributed by atoms with E-state index in [2.05, 4.69) is 5.32 Å². The fourth-order valence-corrected chi connectivity index (χ4v) is 4.47. The SMILES string of the molecule is CCOC(=O)c1ccc(-c2ccc(/C=C3\SC(=O)N(CC(=O)Nc4cc(C(F)(F)F)ccc4OC)C3=O)o2)cc1. The highest BCUT2D eigenvalue weighted by atomic mass is 32.2. The van der Waals surface area contributed by atoms with Crippen molar-refractivity contribution in [2.24, 2.45) is 0 Å². The fraction of sp³-hybridized carbons (Fsp3) is 0.185. The number of hydrogen-bond acceptors (Lipinski definition) is 8. The van der Waals surface area contributed by atoms with Crippen LogP contribution < -0.4 is 10.1 Å². The van der Waals surface area contributed by atoms with Gasteiger partial charge in [-0.25, -0.2) is 4.79 Å². The van der Waals surface area contributed by atoms with E-state index >= 15 is 0 Å². The number of methoxy groups -OCH3 is 1. The standard InChI is InChI=1S/C27H21F3N2O7S/c1-3-38-25(35)16-6-4-15(5-7-16)20-11-9-18(39-20)13-22-24(34)32(26(36)40-22)14-23(33)31-19-12-17(27(28,29)30)8-10-21(19)37-2/h4-13H,3,14H2,1-2H3,(H,31,33)/b22-13-. The first-order chi connectivity index (χ1) is 19.0. The Labute approximate surface area is 229 Å². The summed E-state index contributed by atoms with van der Waals surface area (Å²) in [6.45, 7) is 1.23. The van der Waals surface area contributed by atoms with Gasteiger partial charge in [0.2, 0.25) is 5.91 Å². The number of esters is 1. The summed E-state index contributed by atoms with van der Waals surface area (Å²) in [5.74, 6) is -1.44. The van der Waals surface area contributed by atoms with Crippen molar-refractivity contribution in [3.05, 3.63) is 76.4 Å². The van der Waals surface area contributed by atoms with E-state index < -0.39 is 41.3 Å². The van der Waals surface area contributed by atoms with Crippen molar-refractivity contribution in [3.8, 4) is 17.1 Å². The maximum Gasteiger partial charge on any atom is 0.416 e. The van der Waals surface area contributed by atoms with Gasteiger partial charge in [0.1, 0.15) is 23.8 Å². The minimum absolute atomic E-state index is 0.00647. The number of imide groups is 1. The molecule has 1 aliphatic heterocycles. The van der Waals surface area contributed by atoms with Crippen LogP contribution in [0.2, 0.25) is 0 Å². The van der Waals surface area contributed by atoms with Gasteiger partial charge in [-0.1, -0.05) is 12.1 Å². The number of benzene rings is 2. The van der Waals surface area contributed by atoms with Crippen molar-refractivity contribution in [3.63, 3.8) is 0 Å². The number of rotatable bonds is 8. The lowest BCUT2D eigenvalue weighted by atomic mass is 10.1. The first kappa shape index (κ1) is 28.5. The van der Waals surface area contributed by atoms with Crippen LogP contribution in [0, 0.1) is 0 Å². The molecule has 2 heterocycles. The number of furan rings is 1. The van der Waals surface area contributed by atoms with E-state index in [9.17, 15) is 32.3 Å². The Kier molecular flexibility index (Phi) is 8.33. The molecular formula is C27H21F3N2O7S. The Morgan fingerprint density at radius 1 is 1.07 bits per heavy atom. The Bertz CT molecular complexity index is 1500. The van der Waals surface area contributed by atoms with E-state index in [0.717, 1.165) is 12.1 Å². The molecule has 1 fully saturated rings. The molecule has 1 saturated heterocycles. The molecule has 1 aliphatic rings. The van der Waals surface area contributed by atoms with Crippen molar-refractivity contribution in [1.29, 1.82) is 0 Å². The molecule has 9 nitrogen and oxygen atoms in total. The number of carbonyl (C=O) groups is 4. The number of hydrogen-bond donors (Lipinski definition) is 1. The van der Waals surface area contributed by atoms with Crippen LogP contribution in [0.5, 0.6) is 5.75 Å². The normalized spacial score (nSPS) is 14.5. The molecule has 3 amide bonds. The summed E-state index contributed by atoms with van der Waals surface area (Å²) >= 11 is 0.587. The minimum atomic E-state index is -4.65. The van der Waals surface area contributed by atoms with E-state index in [1.165, 1.54) is 13.2 Å². The van der Waals surface area contributed by atoms with Gasteiger partial charge in [0.25, 0.3) is 11.1 Å². The Morgan fingerprint density at radius 2 is 1.80 bits per heavy atom. The van der Waals surface area contributed by atoms with Crippen LogP contribution in [0.1, 0.15) is 28.6 Å². The van der Waals surface area contributed by atoms with Gasteiger partial charge < -0.3 is 19.2 Å². The molecule has 0 spiro atoms. The molecule has 0 unspecified atom stereocenters.